The minimum Gasteiger partial charge on any atom is -0.480 e. The van der Waals surface area contributed by atoms with Crippen LogP contribution in [0.15, 0.2) is 60.7 Å². The van der Waals surface area contributed by atoms with Crippen molar-refractivity contribution in [3.05, 3.63) is 71.8 Å². The first kappa shape index (κ1) is 43.1. The zero-order valence-electron chi connectivity index (χ0n) is 30.8. The number of hydrogen-bond donors (Lipinski definition) is 6. The highest BCUT2D eigenvalue weighted by atomic mass is 35.5. The molecule has 10 heteroatoms. The number of aliphatic carboxylic acids is 1. The molecule has 0 unspecified atom stereocenters. The number of likely N-dealkylation sites (N-methyl/N-ethyl adjacent to an activating group) is 1. The number of carboxylic acids is 1. The fourth-order valence-corrected chi connectivity index (χ4v) is 7.02. The van der Waals surface area contributed by atoms with Crippen LogP contribution in [0.3, 0.4) is 0 Å². The smallest absolute Gasteiger partial charge is 0.323 e. The monoisotopic (exact) mass is 702 g/mol. The number of likely N-dealkylation sites (tertiary alicyclic amines) is 1. The van der Waals surface area contributed by atoms with E-state index >= 15 is 0 Å². The van der Waals surface area contributed by atoms with Crippen LogP contribution < -0.4 is 27.4 Å². The molecule has 2 aromatic rings. The van der Waals surface area contributed by atoms with Gasteiger partial charge in [0.1, 0.15) is 5.54 Å². The van der Waals surface area contributed by atoms with Crippen LogP contribution in [0.1, 0.15) is 70.4 Å². The van der Waals surface area contributed by atoms with Gasteiger partial charge in [-0.2, -0.15) is 0 Å². The third kappa shape index (κ3) is 16.2. The second-order valence-corrected chi connectivity index (χ2v) is 14.8. The maximum atomic E-state index is 12.0. The first-order chi connectivity index (χ1) is 23.1. The van der Waals surface area contributed by atoms with E-state index in [2.05, 4.69) is 101 Å². The van der Waals surface area contributed by atoms with Gasteiger partial charge in [0.15, 0.2) is 0 Å². The van der Waals surface area contributed by atoms with Crippen molar-refractivity contribution in [2.45, 2.75) is 102 Å². The van der Waals surface area contributed by atoms with Gasteiger partial charge in [0.05, 0.1) is 0 Å². The Bertz CT molecular complexity index is 1140. The third-order valence-corrected chi connectivity index (χ3v) is 9.94. The van der Waals surface area contributed by atoms with Gasteiger partial charge in [0.2, 0.25) is 0 Å². The van der Waals surface area contributed by atoms with E-state index < -0.39 is 11.5 Å². The molecule has 1 heterocycles. The Morgan fingerprint density at radius 1 is 0.918 bits per heavy atom. The molecule has 8 N–H and O–H groups in total. The average molecular weight is 702 g/mol. The minimum absolute atomic E-state index is 0. The Hall–Kier alpha value is -2.08. The van der Waals surface area contributed by atoms with Crippen molar-refractivity contribution < 1.29 is 9.90 Å². The number of unbranched alkanes of at least 4 members (excludes halogenated alkanes) is 1. The summed E-state index contributed by atoms with van der Waals surface area (Å²) in [6.07, 6.45) is 7.76. The highest BCUT2D eigenvalue weighted by Crippen LogP contribution is 2.28. The molecule has 0 amide bonds. The molecule has 0 saturated carbocycles. The zero-order valence-corrected chi connectivity index (χ0v) is 31.6. The number of nitrogens with two attached hydrogens (primary N) is 2. The molecule has 0 spiro atoms. The second-order valence-electron chi connectivity index (χ2n) is 14.8. The van der Waals surface area contributed by atoms with Gasteiger partial charge in [0.25, 0.3) is 0 Å². The second kappa shape index (κ2) is 23.4. The lowest BCUT2D eigenvalue weighted by Crippen LogP contribution is -2.52. The Balaban J connectivity index is 0.00000833. The molecule has 0 radical (unpaired) electrons. The third-order valence-electron chi connectivity index (χ3n) is 9.94. The van der Waals surface area contributed by atoms with Crippen molar-refractivity contribution in [2.24, 2.45) is 17.4 Å². The van der Waals surface area contributed by atoms with Gasteiger partial charge in [-0.05, 0) is 89.1 Å². The van der Waals surface area contributed by atoms with Crippen LogP contribution >= 0.6 is 12.4 Å². The highest BCUT2D eigenvalue weighted by Gasteiger charge is 2.43. The number of rotatable bonds is 25. The largest absolute Gasteiger partial charge is 0.480 e. The van der Waals surface area contributed by atoms with Crippen LogP contribution in [0.2, 0.25) is 0 Å². The van der Waals surface area contributed by atoms with Crippen LogP contribution in [0.5, 0.6) is 0 Å². The van der Waals surface area contributed by atoms with E-state index in [1.54, 1.807) is 0 Å². The standard InChI is InChI=1S/C39H67N7O2.ClH/c1-31(2)24-36(28-43-35(18-11-12-20-40)30-45(4)22-23-46-21-13-19-39(46,3)38(47)48)44-29-37(26-33-16-9-6-10-17-33)42-27-34(41)25-32-14-7-5-8-15-32;/h5-10,14-17,31,34-37,42-44H,11-13,18-30,40-41H2,1-4H3,(H,47,48);1H/t34-,35-,36-,37-,39-;/m1./s1. The summed E-state index contributed by atoms with van der Waals surface area (Å²) in [7, 11) is 2.16. The fourth-order valence-electron chi connectivity index (χ4n) is 7.02. The van der Waals surface area contributed by atoms with Crippen molar-refractivity contribution >= 4 is 18.4 Å². The first-order valence-electron chi connectivity index (χ1n) is 18.5. The summed E-state index contributed by atoms with van der Waals surface area (Å²) in [6.45, 7) is 13.1. The molecule has 0 bridgehead atoms. The number of hydrogen-bond acceptors (Lipinski definition) is 8. The van der Waals surface area contributed by atoms with Crippen LogP contribution in [0, 0.1) is 5.92 Å². The number of nitrogens with zero attached hydrogens (tertiary/aromatic N) is 2. The van der Waals surface area contributed by atoms with Crippen LogP contribution in [-0.4, -0.2) is 110 Å². The summed E-state index contributed by atoms with van der Waals surface area (Å²) >= 11 is 0. The number of halogens is 1. The number of carbonyl (C=O) groups is 1. The lowest BCUT2D eigenvalue weighted by molar-refractivity contribution is -0.148. The van der Waals surface area contributed by atoms with Crippen molar-refractivity contribution in [3.8, 4) is 0 Å². The summed E-state index contributed by atoms with van der Waals surface area (Å²) in [5.41, 5.74) is 14.3. The molecule has 0 aliphatic carbocycles. The molecule has 2 aromatic carbocycles. The summed E-state index contributed by atoms with van der Waals surface area (Å²) in [6, 6.07) is 22.2. The Kier molecular flexibility index (Phi) is 20.6. The predicted molar refractivity (Wildman–Crippen MR) is 208 cm³/mol. The van der Waals surface area contributed by atoms with Gasteiger partial charge in [-0.1, -0.05) is 80.9 Å². The van der Waals surface area contributed by atoms with Gasteiger partial charge >= 0.3 is 5.97 Å². The van der Waals surface area contributed by atoms with E-state index in [4.69, 9.17) is 11.5 Å². The van der Waals surface area contributed by atoms with Gasteiger partial charge in [-0.15, -0.1) is 12.4 Å². The van der Waals surface area contributed by atoms with Gasteiger partial charge in [-0.3, -0.25) is 9.69 Å². The SMILES string of the molecule is CC(C)C[C@H](CN[C@H](CCCCN)CN(C)CCN1CCC[C@]1(C)C(=O)O)NC[C@@H](Cc1ccccc1)NC[C@H](N)Cc1ccccc1.Cl. The number of nitrogens with one attached hydrogen (secondary N) is 3. The Morgan fingerprint density at radius 3 is 2.12 bits per heavy atom. The quantitative estimate of drug-likeness (QED) is 0.0846. The average Bonchev–Trinajstić information content (AvgIpc) is 3.45. The van der Waals surface area contributed by atoms with E-state index in [1.165, 1.54) is 11.1 Å². The molecule has 1 aliphatic rings. The van der Waals surface area contributed by atoms with E-state index in [1.807, 2.05) is 13.0 Å². The number of carboxylic acid groups (broad SMARTS) is 1. The fraction of sp³-hybridized carbons (Fsp3) is 0.667. The molecule has 278 valence electrons. The Morgan fingerprint density at radius 2 is 1.51 bits per heavy atom. The predicted octanol–water partition coefficient (Wildman–Crippen LogP) is 4.14. The molecule has 1 fully saturated rings. The van der Waals surface area contributed by atoms with Crippen LogP contribution in [0.25, 0.3) is 0 Å². The van der Waals surface area contributed by atoms with Crippen molar-refractivity contribution in [1.82, 2.24) is 25.8 Å². The molecule has 1 saturated heterocycles. The van der Waals surface area contributed by atoms with Crippen LogP contribution in [0.4, 0.5) is 0 Å². The molecule has 9 nitrogen and oxygen atoms in total. The highest BCUT2D eigenvalue weighted by molar-refractivity contribution is 5.85. The Labute approximate surface area is 303 Å². The van der Waals surface area contributed by atoms with Gasteiger partial charge < -0.3 is 37.4 Å². The van der Waals surface area contributed by atoms with Gasteiger partial charge in [-0.25, -0.2) is 0 Å². The molecular formula is C39H68ClN7O2. The first-order valence-corrected chi connectivity index (χ1v) is 18.5. The lowest BCUT2D eigenvalue weighted by Gasteiger charge is -2.33. The van der Waals surface area contributed by atoms with Crippen molar-refractivity contribution in [1.29, 1.82) is 0 Å². The van der Waals surface area contributed by atoms with E-state index in [0.29, 0.717) is 24.5 Å². The van der Waals surface area contributed by atoms with E-state index in [0.717, 1.165) is 97.2 Å². The maximum Gasteiger partial charge on any atom is 0.323 e. The molecule has 5 atom stereocenters. The topological polar surface area (TPSA) is 132 Å². The van der Waals surface area contributed by atoms with E-state index in [9.17, 15) is 9.90 Å². The summed E-state index contributed by atoms with van der Waals surface area (Å²) in [5.74, 6) is -0.129. The summed E-state index contributed by atoms with van der Waals surface area (Å²) in [5, 5.41) is 21.5. The molecule has 3 rings (SSSR count). The van der Waals surface area contributed by atoms with Crippen molar-refractivity contribution in [2.75, 3.05) is 59.4 Å². The van der Waals surface area contributed by atoms with E-state index in [-0.39, 0.29) is 24.5 Å². The minimum atomic E-state index is -0.741. The molecule has 0 aromatic heterocycles. The molecule has 49 heavy (non-hydrogen) atoms. The van der Waals surface area contributed by atoms with Crippen molar-refractivity contribution in [3.63, 3.8) is 0 Å². The maximum absolute atomic E-state index is 12.0. The molecule has 1 aliphatic heterocycles. The summed E-state index contributed by atoms with van der Waals surface area (Å²) < 4.78 is 0. The summed E-state index contributed by atoms with van der Waals surface area (Å²) in [4.78, 5) is 16.5. The number of benzene rings is 2. The zero-order chi connectivity index (χ0) is 34.8. The normalized spacial score (nSPS) is 19.1. The molecular weight excluding hydrogens is 634 g/mol. The van der Waals surface area contributed by atoms with Gasteiger partial charge in [0, 0.05) is 63.4 Å². The van der Waals surface area contributed by atoms with Crippen LogP contribution in [-0.2, 0) is 17.6 Å². The lowest BCUT2D eigenvalue weighted by atomic mass is 9.99.